The molecule has 164 valence electrons. The first-order chi connectivity index (χ1) is 15.5. The second kappa shape index (κ2) is 7.86. The van der Waals surface area contributed by atoms with Crippen LogP contribution in [-0.4, -0.2) is 37.7 Å². The maximum atomic E-state index is 12.2. The number of hydrogen-bond donors (Lipinski definition) is 2. The van der Waals surface area contributed by atoms with Crippen LogP contribution in [0.5, 0.6) is 5.88 Å². The van der Waals surface area contributed by atoms with Crippen LogP contribution in [0, 0.1) is 0 Å². The van der Waals surface area contributed by atoms with E-state index >= 15 is 0 Å². The molecule has 5 rings (SSSR count). The number of nitrogens with zero attached hydrogens (tertiary/aromatic N) is 5. The number of aromatic nitrogens is 5. The Labute approximate surface area is 188 Å². The average Bonchev–Trinajstić information content (AvgIpc) is 3.43. The molecule has 9 nitrogen and oxygen atoms in total. The fourth-order valence-corrected chi connectivity index (χ4v) is 4.69. The smallest absolute Gasteiger partial charge is 0.259 e. The van der Waals surface area contributed by atoms with Crippen molar-refractivity contribution in [2.75, 3.05) is 12.4 Å². The number of amides is 1. The van der Waals surface area contributed by atoms with Crippen molar-refractivity contribution in [1.29, 1.82) is 0 Å². The fraction of sp³-hybridized carbons (Fsp3) is 0.318. The number of hydrogen-bond acceptors (Lipinski definition) is 8. The number of anilines is 2. The summed E-state index contributed by atoms with van der Waals surface area (Å²) in [6, 6.07) is 5.88. The highest BCUT2D eigenvalue weighted by atomic mass is 32.1. The third kappa shape index (κ3) is 3.56. The summed E-state index contributed by atoms with van der Waals surface area (Å²) in [5.74, 6) is 1.66. The zero-order valence-corrected chi connectivity index (χ0v) is 18.8. The van der Waals surface area contributed by atoms with Gasteiger partial charge in [0.1, 0.15) is 10.7 Å². The van der Waals surface area contributed by atoms with E-state index in [9.17, 15) is 4.79 Å². The lowest BCUT2D eigenvalue weighted by molar-refractivity contribution is 0.100. The Kier molecular flexibility index (Phi) is 5.01. The van der Waals surface area contributed by atoms with Gasteiger partial charge in [0, 0.05) is 35.3 Å². The van der Waals surface area contributed by atoms with Gasteiger partial charge in [0.25, 0.3) is 5.91 Å². The van der Waals surface area contributed by atoms with Crippen molar-refractivity contribution in [1.82, 2.24) is 24.7 Å². The Morgan fingerprint density at radius 3 is 2.84 bits per heavy atom. The highest BCUT2D eigenvalue weighted by Crippen LogP contribution is 2.42. The summed E-state index contributed by atoms with van der Waals surface area (Å²) in [4.78, 5) is 26.1. The van der Waals surface area contributed by atoms with Crippen LogP contribution in [0.15, 0.2) is 30.6 Å². The molecule has 4 aromatic rings. The molecule has 0 unspecified atom stereocenters. The van der Waals surface area contributed by atoms with Gasteiger partial charge in [0.15, 0.2) is 0 Å². The number of rotatable bonds is 7. The topological polar surface area (TPSA) is 121 Å². The van der Waals surface area contributed by atoms with Crippen LogP contribution < -0.4 is 15.8 Å². The molecule has 0 radical (unpaired) electrons. The second-order valence-electron chi connectivity index (χ2n) is 8.03. The lowest BCUT2D eigenvalue weighted by Gasteiger charge is -2.12. The molecule has 1 aliphatic carbocycles. The molecule has 1 amide bonds. The van der Waals surface area contributed by atoms with E-state index in [1.54, 1.807) is 18.5 Å². The fourth-order valence-electron chi connectivity index (χ4n) is 3.71. The normalized spacial score (nSPS) is 13.6. The number of nitrogens with one attached hydrogen (secondary N) is 1. The first-order valence-electron chi connectivity index (χ1n) is 10.4. The van der Waals surface area contributed by atoms with Crippen LogP contribution in [-0.2, 0) is 0 Å². The zero-order chi connectivity index (χ0) is 22.4. The largest absolute Gasteiger partial charge is 0.481 e. The lowest BCUT2D eigenvalue weighted by atomic mass is 10.1. The number of carbonyl (C=O) groups excluding carboxylic acids is 1. The van der Waals surface area contributed by atoms with Gasteiger partial charge in [-0.15, -0.1) is 11.3 Å². The van der Waals surface area contributed by atoms with Crippen LogP contribution in [0.25, 0.3) is 21.3 Å². The quantitative estimate of drug-likeness (QED) is 0.432. The van der Waals surface area contributed by atoms with E-state index in [-0.39, 0.29) is 6.04 Å². The van der Waals surface area contributed by atoms with Gasteiger partial charge in [-0.1, -0.05) is 0 Å². The van der Waals surface area contributed by atoms with Crippen molar-refractivity contribution < 1.29 is 9.53 Å². The SMILES string of the molecule is COc1ncccc1-c1c(C(N)=O)sc2cnc(Nc3cc(C4CC4)nn3C(C)C)nc12. The maximum Gasteiger partial charge on any atom is 0.259 e. The molecule has 4 aromatic heterocycles. The van der Waals surface area contributed by atoms with E-state index in [2.05, 4.69) is 35.2 Å². The first kappa shape index (κ1) is 20.4. The van der Waals surface area contributed by atoms with Gasteiger partial charge in [-0.05, 0) is 38.8 Å². The summed E-state index contributed by atoms with van der Waals surface area (Å²) in [6.07, 6.45) is 5.69. The van der Waals surface area contributed by atoms with Gasteiger partial charge < -0.3 is 15.8 Å². The highest BCUT2D eigenvalue weighted by Gasteiger charge is 2.28. The number of pyridine rings is 1. The van der Waals surface area contributed by atoms with Crippen molar-refractivity contribution in [2.45, 2.75) is 38.6 Å². The molecule has 1 fully saturated rings. The molecule has 1 saturated carbocycles. The molecule has 3 N–H and O–H groups in total. The maximum absolute atomic E-state index is 12.2. The summed E-state index contributed by atoms with van der Waals surface area (Å²) in [5, 5.41) is 8.07. The number of fused-ring (bicyclic) bond motifs is 1. The number of methoxy groups -OCH3 is 1. The van der Waals surface area contributed by atoms with E-state index in [0.717, 1.165) is 16.2 Å². The van der Waals surface area contributed by atoms with Gasteiger partial charge in [0.05, 0.1) is 29.2 Å². The van der Waals surface area contributed by atoms with Crippen LogP contribution in [0.3, 0.4) is 0 Å². The summed E-state index contributed by atoms with van der Waals surface area (Å²) < 4.78 is 8.13. The molecule has 0 atom stereocenters. The molecular weight excluding hydrogens is 426 g/mol. The summed E-state index contributed by atoms with van der Waals surface area (Å²) in [7, 11) is 1.54. The van der Waals surface area contributed by atoms with Gasteiger partial charge >= 0.3 is 0 Å². The number of carbonyl (C=O) groups is 1. The Morgan fingerprint density at radius 2 is 2.16 bits per heavy atom. The van der Waals surface area contributed by atoms with Gasteiger partial charge in [0.2, 0.25) is 11.8 Å². The molecule has 1 aliphatic rings. The summed E-state index contributed by atoms with van der Waals surface area (Å²) >= 11 is 1.26. The van der Waals surface area contributed by atoms with E-state index in [4.69, 9.17) is 20.6 Å². The Balaban J connectivity index is 1.62. The Bertz CT molecular complexity index is 1320. The molecule has 0 saturated heterocycles. The standard InChI is InChI=1S/C22H23N7O2S/c1-11(2)29-16(9-14(28-29)12-6-7-12)26-22-25-10-15-18(27-22)17(19(32-15)20(23)30)13-5-4-8-24-21(13)31-3/h4-5,8-12H,6-7H2,1-3H3,(H2,23,30)(H,25,26,27). The zero-order valence-electron chi connectivity index (χ0n) is 18.0. The molecule has 32 heavy (non-hydrogen) atoms. The minimum absolute atomic E-state index is 0.187. The van der Waals surface area contributed by atoms with Gasteiger partial charge in [-0.3, -0.25) is 4.79 Å². The monoisotopic (exact) mass is 449 g/mol. The van der Waals surface area contributed by atoms with Crippen molar-refractivity contribution in [2.24, 2.45) is 5.73 Å². The van der Waals surface area contributed by atoms with E-state index in [1.165, 1.54) is 31.3 Å². The van der Waals surface area contributed by atoms with Crippen LogP contribution in [0.1, 0.15) is 54.0 Å². The number of thiophene rings is 1. The van der Waals surface area contributed by atoms with Crippen LogP contribution in [0.2, 0.25) is 0 Å². The van der Waals surface area contributed by atoms with Crippen molar-refractivity contribution in [3.8, 4) is 17.0 Å². The van der Waals surface area contributed by atoms with E-state index in [1.807, 2.05) is 10.7 Å². The molecule has 0 aromatic carbocycles. The highest BCUT2D eigenvalue weighted by molar-refractivity contribution is 7.21. The van der Waals surface area contributed by atoms with Gasteiger partial charge in [-0.25, -0.2) is 19.6 Å². The lowest BCUT2D eigenvalue weighted by Crippen LogP contribution is -2.10. The first-order valence-corrected chi connectivity index (χ1v) is 11.2. The Hall–Kier alpha value is -3.53. The number of ether oxygens (including phenoxy) is 1. The third-order valence-electron chi connectivity index (χ3n) is 5.37. The molecule has 10 heteroatoms. The number of nitrogens with two attached hydrogens (primary N) is 1. The minimum atomic E-state index is -0.532. The third-order valence-corrected chi connectivity index (χ3v) is 6.50. The van der Waals surface area contributed by atoms with Crippen molar-refractivity contribution in [3.63, 3.8) is 0 Å². The number of primary amides is 1. The van der Waals surface area contributed by atoms with Gasteiger partial charge in [-0.2, -0.15) is 5.10 Å². The molecule has 0 aliphatic heterocycles. The molecular formula is C22H23N7O2S. The van der Waals surface area contributed by atoms with Crippen molar-refractivity contribution in [3.05, 3.63) is 41.2 Å². The van der Waals surface area contributed by atoms with E-state index in [0.29, 0.717) is 39.3 Å². The average molecular weight is 450 g/mol. The van der Waals surface area contributed by atoms with E-state index < -0.39 is 5.91 Å². The Morgan fingerprint density at radius 1 is 1.34 bits per heavy atom. The summed E-state index contributed by atoms with van der Waals surface area (Å²) in [5.41, 5.74) is 8.66. The van der Waals surface area contributed by atoms with Crippen LogP contribution >= 0.6 is 11.3 Å². The minimum Gasteiger partial charge on any atom is -0.481 e. The summed E-state index contributed by atoms with van der Waals surface area (Å²) in [6.45, 7) is 4.17. The van der Waals surface area contributed by atoms with Crippen LogP contribution in [0.4, 0.5) is 11.8 Å². The second-order valence-corrected chi connectivity index (χ2v) is 9.08. The molecule has 0 spiro atoms. The predicted molar refractivity (Wildman–Crippen MR) is 124 cm³/mol. The predicted octanol–water partition coefficient (Wildman–Crippen LogP) is 4.26. The molecule has 4 heterocycles. The van der Waals surface area contributed by atoms with Crippen molar-refractivity contribution >= 4 is 39.2 Å². The molecule has 0 bridgehead atoms.